The summed E-state index contributed by atoms with van der Waals surface area (Å²) in [4.78, 5) is 24.4. The van der Waals surface area contributed by atoms with E-state index in [0.717, 1.165) is 24.8 Å². The molecule has 0 saturated carbocycles. The molecule has 0 saturated heterocycles. The molecule has 1 aromatic rings. The van der Waals surface area contributed by atoms with Crippen LogP contribution in [0.3, 0.4) is 0 Å². The largest absolute Gasteiger partial charge is 0.422 e. The zero-order valence-electron chi connectivity index (χ0n) is 16.0. The number of hydrogen-bond donors (Lipinski definition) is 0. The van der Waals surface area contributed by atoms with E-state index >= 15 is 0 Å². The van der Waals surface area contributed by atoms with Crippen LogP contribution >= 0.6 is 0 Å². The van der Waals surface area contributed by atoms with Gasteiger partial charge in [0.05, 0.1) is 10.8 Å². The van der Waals surface area contributed by atoms with E-state index in [2.05, 4.69) is 6.92 Å². The minimum absolute atomic E-state index is 0.285. The molecule has 134 valence electrons. The average molecular weight is 334 g/mol. The predicted octanol–water partition coefficient (Wildman–Crippen LogP) is 4.93. The lowest BCUT2D eigenvalue weighted by molar-refractivity contribution is -0.145. The Morgan fingerprint density at radius 3 is 1.83 bits per heavy atom. The normalized spacial score (nSPS) is 12.0. The lowest BCUT2D eigenvalue weighted by atomic mass is 9.97. The van der Waals surface area contributed by atoms with Crippen LogP contribution in [0.15, 0.2) is 18.2 Å². The van der Waals surface area contributed by atoms with Gasteiger partial charge in [-0.2, -0.15) is 0 Å². The monoisotopic (exact) mass is 334 g/mol. The number of carbonyl (C=O) groups is 2. The van der Waals surface area contributed by atoms with Crippen molar-refractivity contribution in [3.63, 3.8) is 0 Å². The van der Waals surface area contributed by atoms with Crippen LogP contribution in [-0.2, 0) is 16.0 Å². The Morgan fingerprint density at radius 1 is 0.875 bits per heavy atom. The van der Waals surface area contributed by atoms with Crippen molar-refractivity contribution >= 4 is 11.9 Å². The molecule has 0 bridgehead atoms. The number of ether oxygens (including phenoxy) is 2. The fraction of sp³-hybridized carbons (Fsp3) is 0.600. The highest BCUT2D eigenvalue weighted by Crippen LogP contribution is 2.32. The molecule has 0 aliphatic heterocycles. The first-order valence-corrected chi connectivity index (χ1v) is 8.52. The molecule has 0 heterocycles. The number of carbonyl (C=O) groups excluding carboxylic acids is 2. The maximum atomic E-state index is 12.2. The van der Waals surface area contributed by atoms with Crippen LogP contribution in [0.2, 0.25) is 0 Å². The maximum Gasteiger partial charge on any atom is 0.316 e. The van der Waals surface area contributed by atoms with Crippen molar-refractivity contribution in [2.24, 2.45) is 10.8 Å². The van der Waals surface area contributed by atoms with E-state index in [4.69, 9.17) is 9.47 Å². The smallest absolute Gasteiger partial charge is 0.316 e. The predicted molar refractivity (Wildman–Crippen MR) is 95.2 cm³/mol. The molecule has 24 heavy (non-hydrogen) atoms. The summed E-state index contributed by atoms with van der Waals surface area (Å²) in [6, 6.07) is 5.42. The summed E-state index contributed by atoms with van der Waals surface area (Å²) in [5, 5.41) is 0. The SMILES string of the molecule is CCCCc1ccc(OC(=O)C(C)(C)C)c(OC(=O)C(C)(C)C)c1. The van der Waals surface area contributed by atoms with Gasteiger partial charge in [-0.3, -0.25) is 9.59 Å². The Hall–Kier alpha value is -1.84. The average Bonchev–Trinajstić information content (AvgIpc) is 2.45. The fourth-order valence-corrected chi connectivity index (χ4v) is 1.76. The maximum absolute atomic E-state index is 12.2. The highest BCUT2D eigenvalue weighted by molar-refractivity contribution is 5.81. The Balaban J connectivity index is 3.12. The summed E-state index contributed by atoms with van der Waals surface area (Å²) in [6.07, 6.45) is 3.02. The fourth-order valence-electron chi connectivity index (χ4n) is 1.76. The van der Waals surface area contributed by atoms with Gasteiger partial charge in [-0.25, -0.2) is 0 Å². The highest BCUT2D eigenvalue weighted by Gasteiger charge is 2.28. The molecule has 0 aliphatic rings. The van der Waals surface area contributed by atoms with Gasteiger partial charge in [0.25, 0.3) is 0 Å². The van der Waals surface area contributed by atoms with Gasteiger partial charge in [-0.1, -0.05) is 19.4 Å². The molecule has 0 spiro atoms. The van der Waals surface area contributed by atoms with Crippen LogP contribution in [-0.4, -0.2) is 11.9 Å². The van der Waals surface area contributed by atoms with Gasteiger partial charge in [-0.15, -0.1) is 0 Å². The minimum Gasteiger partial charge on any atom is -0.422 e. The van der Waals surface area contributed by atoms with Crippen molar-refractivity contribution < 1.29 is 19.1 Å². The van der Waals surface area contributed by atoms with Crippen LogP contribution in [0.5, 0.6) is 11.5 Å². The van der Waals surface area contributed by atoms with Crippen LogP contribution < -0.4 is 9.47 Å². The standard InChI is InChI=1S/C20H30O4/c1-8-9-10-14-11-12-15(23-17(21)19(2,3)4)16(13-14)24-18(22)20(5,6)7/h11-13H,8-10H2,1-7H3. The molecule has 0 unspecified atom stereocenters. The molecule has 0 amide bonds. The third-order valence-electron chi connectivity index (χ3n) is 3.46. The van der Waals surface area contributed by atoms with E-state index in [1.165, 1.54) is 0 Å². The van der Waals surface area contributed by atoms with Gasteiger partial charge < -0.3 is 9.47 Å². The van der Waals surface area contributed by atoms with Crippen molar-refractivity contribution in [2.45, 2.75) is 67.7 Å². The molecule has 0 radical (unpaired) electrons. The number of aryl methyl sites for hydroxylation is 1. The molecular formula is C20H30O4. The summed E-state index contributed by atoms with van der Waals surface area (Å²) >= 11 is 0. The van der Waals surface area contributed by atoms with Crippen molar-refractivity contribution in [1.82, 2.24) is 0 Å². The lowest BCUT2D eigenvalue weighted by Crippen LogP contribution is -2.28. The molecule has 1 rings (SSSR count). The van der Waals surface area contributed by atoms with Crippen LogP contribution in [0.1, 0.15) is 66.9 Å². The van der Waals surface area contributed by atoms with Gasteiger partial charge in [0, 0.05) is 0 Å². The third-order valence-corrected chi connectivity index (χ3v) is 3.46. The number of hydrogen-bond acceptors (Lipinski definition) is 4. The van der Waals surface area contributed by atoms with E-state index in [0.29, 0.717) is 5.75 Å². The van der Waals surface area contributed by atoms with Gasteiger partial charge in [0.1, 0.15) is 0 Å². The third kappa shape index (κ3) is 5.99. The van der Waals surface area contributed by atoms with Crippen molar-refractivity contribution in [3.05, 3.63) is 23.8 Å². The van der Waals surface area contributed by atoms with Gasteiger partial charge >= 0.3 is 11.9 Å². The minimum atomic E-state index is -0.634. The van der Waals surface area contributed by atoms with Crippen LogP contribution in [0.25, 0.3) is 0 Å². The first-order valence-electron chi connectivity index (χ1n) is 8.52. The molecular weight excluding hydrogens is 304 g/mol. The number of benzene rings is 1. The summed E-state index contributed by atoms with van der Waals surface area (Å²) in [7, 11) is 0. The second-order valence-electron chi connectivity index (χ2n) is 8.16. The van der Waals surface area contributed by atoms with E-state index in [1.807, 2.05) is 6.07 Å². The second-order valence-corrected chi connectivity index (χ2v) is 8.16. The summed E-state index contributed by atoms with van der Waals surface area (Å²) in [5.74, 6) is -0.131. The molecule has 4 heteroatoms. The first-order chi connectivity index (χ1) is 10.9. The second kappa shape index (κ2) is 7.82. The van der Waals surface area contributed by atoms with E-state index in [9.17, 15) is 9.59 Å². The summed E-state index contributed by atoms with van der Waals surface area (Å²) in [5.41, 5.74) is -0.208. The number of unbranched alkanes of at least 4 members (excludes halogenated alkanes) is 1. The molecule has 0 aliphatic carbocycles. The topological polar surface area (TPSA) is 52.6 Å². The van der Waals surface area contributed by atoms with Crippen LogP contribution in [0.4, 0.5) is 0 Å². The van der Waals surface area contributed by atoms with Gasteiger partial charge in [0.15, 0.2) is 11.5 Å². The Labute approximate surface area is 145 Å². The highest BCUT2D eigenvalue weighted by atomic mass is 16.6. The molecule has 0 fully saturated rings. The Morgan fingerprint density at radius 2 is 1.38 bits per heavy atom. The van der Waals surface area contributed by atoms with Crippen molar-refractivity contribution in [1.29, 1.82) is 0 Å². The zero-order valence-corrected chi connectivity index (χ0v) is 16.0. The zero-order chi connectivity index (χ0) is 18.5. The van der Waals surface area contributed by atoms with E-state index in [1.54, 1.807) is 53.7 Å². The summed E-state index contributed by atoms with van der Waals surface area (Å²) < 4.78 is 11.0. The Kier molecular flexibility index (Phi) is 6.58. The van der Waals surface area contributed by atoms with Gasteiger partial charge in [-0.05, 0) is 72.1 Å². The molecule has 4 nitrogen and oxygen atoms in total. The lowest BCUT2D eigenvalue weighted by Gasteiger charge is -2.20. The quantitative estimate of drug-likeness (QED) is 0.566. The van der Waals surface area contributed by atoms with Crippen LogP contribution in [0, 0.1) is 10.8 Å². The molecule has 0 atom stereocenters. The molecule has 1 aromatic carbocycles. The van der Waals surface area contributed by atoms with E-state index in [-0.39, 0.29) is 17.7 Å². The van der Waals surface area contributed by atoms with Gasteiger partial charge in [0.2, 0.25) is 0 Å². The summed E-state index contributed by atoms with van der Waals surface area (Å²) in [6.45, 7) is 12.8. The van der Waals surface area contributed by atoms with Crippen molar-refractivity contribution in [3.8, 4) is 11.5 Å². The number of esters is 2. The van der Waals surface area contributed by atoms with Crippen molar-refractivity contribution in [2.75, 3.05) is 0 Å². The Bertz CT molecular complexity index is 589. The molecule has 0 aromatic heterocycles. The van der Waals surface area contributed by atoms with E-state index < -0.39 is 10.8 Å². The first kappa shape index (κ1) is 20.2. The molecule has 0 N–H and O–H groups in total. The number of rotatable bonds is 5.